The van der Waals surface area contributed by atoms with Gasteiger partial charge in [-0.3, -0.25) is 0 Å². The van der Waals surface area contributed by atoms with Gasteiger partial charge in [0.15, 0.2) is 0 Å². The topological polar surface area (TPSA) is 21.3 Å². The second-order valence-electron chi connectivity index (χ2n) is 5.13. The zero-order valence-corrected chi connectivity index (χ0v) is 12.0. The van der Waals surface area contributed by atoms with Crippen LogP contribution in [0.15, 0.2) is 24.3 Å². The Morgan fingerprint density at radius 3 is 2.55 bits per heavy atom. The zero-order chi connectivity index (χ0) is 15.0. The molecule has 0 amide bonds. The maximum absolute atomic E-state index is 11.9. The van der Waals surface area contributed by atoms with E-state index in [0.29, 0.717) is 12.6 Å². The van der Waals surface area contributed by atoms with Crippen molar-refractivity contribution in [1.29, 1.82) is 0 Å². The summed E-state index contributed by atoms with van der Waals surface area (Å²) in [5, 5.41) is 3.32. The largest absolute Gasteiger partial charge is 0.389 e. The van der Waals surface area contributed by atoms with Crippen LogP contribution in [0.25, 0.3) is 0 Å². The normalized spacial score (nSPS) is 12.1. The molecular weight excluding hydrogens is 267 g/mol. The molecule has 0 atom stereocenters. The summed E-state index contributed by atoms with van der Waals surface area (Å²) in [4.78, 5) is 0. The van der Waals surface area contributed by atoms with E-state index in [2.05, 4.69) is 19.2 Å². The molecule has 1 aromatic rings. The third-order valence-corrected chi connectivity index (χ3v) is 2.72. The predicted molar refractivity (Wildman–Crippen MR) is 73.4 cm³/mol. The van der Waals surface area contributed by atoms with Crippen molar-refractivity contribution < 1.29 is 17.9 Å². The molecule has 0 unspecified atom stereocenters. The Hall–Kier alpha value is -1.07. The van der Waals surface area contributed by atoms with Crippen LogP contribution >= 0.6 is 0 Å². The van der Waals surface area contributed by atoms with Crippen molar-refractivity contribution in [2.24, 2.45) is 0 Å². The van der Waals surface area contributed by atoms with Crippen molar-refractivity contribution in [2.45, 2.75) is 52.1 Å². The van der Waals surface area contributed by atoms with E-state index in [1.54, 1.807) is 0 Å². The van der Waals surface area contributed by atoms with Crippen LogP contribution in [0.1, 0.15) is 37.8 Å². The van der Waals surface area contributed by atoms with E-state index in [9.17, 15) is 13.2 Å². The highest BCUT2D eigenvalue weighted by molar-refractivity contribution is 5.22. The van der Waals surface area contributed by atoms with Gasteiger partial charge in [-0.2, -0.15) is 13.2 Å². The molecule has 1 N–H and O–H groups in total. The average Bonchev–Trinajstić information content (AvgIpc) is 2.35. The highest BCUT2D eigenvalue weighted by Gasteiger charge is 2.25. The first-order valence-corrected chi connectivity index (χ1v) is 6.82. The number of halogens is 3. The Morgan fingerprint density at radius 1 is 1.20 bits per heavy atom. The van der Waals surface area contributed by atoms with Crippen LogP contribution in [0, 0.1) is 0 Å². The van der Waals surface area contributed by atoms with Gasteiger partial charge in [0.05, 0.1) is 6.61 Å². The molecule has 20 heavy (non-hydrogen) atoms. The minimum Gasteiger partial charge on any atom is -0.377 e. The van der Waals surface area contributed by atoms with Crippen molar-refractivity contribution in [1.82, 2.24) is 5.32 Å². The Balaban J connectivity index is 2.28. The maximum atomic E-state index is 11.9. The van der Waals surface area contributed by atoms with Crippen molar-refractivity contribution in [2.75, 3.05) is 6.61 Å². The average molecular weight is 289 g/mol. The van der Waals surface area contributed by atoms with E-state index in [1.165, 1.54) is 0 Å². The van der Waals surface area contributed by atoms with Crippen LogP contribution in [0.5, 0.6) is 0 Å². The minimum absolute atomic E-state index is 0.0120. The molecule has 0 saturated heterocycles. The molecule has 0 aromatic heterocycles. The first-order valence-electron chi connectivity index (χ1n) is 6.82. The molecule has 1 aromatic carbocycles. The summed E-state index contributed by atoms with van der Waals surface area (Å²) in [5.74, 6) is 0. The van der Waals surface area contributed by atoms with Gasteiger partial charge in [0.1, 0.15) is 0 Å². The van der Waals surface area contributed by atoms with Crippen molar-refractivity contribution in [3.05, 3.63) is 35.4 Å². The number of rotatable bonds is 8. The lowest BCUT2D eigenvalue weighted by molar-refractivity contribution is -0.138. The van der Waals surface area contributed by atoms with Crippen LogP contribution in [-0.4, -0.2) is 18.8 Å². The third-order valence-electron chi connectivity index (χ3n) is 2.72. The van der Waals surface area contributed by atoms with Crippen molar-refractivity contribution >= 4 is 0 Å². The first kappa shape index (κ1) is 17.0. The molecule has 0 radical (unpaired) electrons. The Morgan fingerprint density at radius 2 is 1.90 bits per heavy atom. The van der Waals surface area contributed by atoms with Gasteiger partial charge in [0, 0.05) is 25.6 Å². The van der Waals surface area contributed by atoms with Gasteiger partial charge < -0.3 is 10.1 Å². The summed E-state index contributed by atoms with van der Waals surface area (Å²) in [6.07, 6.45) is -4.87. The standard InChI is InChI=1S/C15H22F3NO/c1-12(2)19-10-13-5-3-6-14(9-13)11-20-8-4-7-15(16,17)18/h3,5-6,9,12,19H,4,7-8,10-11H2,1-2H3. The highest BCUT2D eigenvalue weighted by Crippen LogP contribution is 2.21. The molecule has 5 heteroatoms. The predicted octanol–water partition coefficient (Wildman–Crippen LogP) is 4.04. The number of ether oxygens (including phenoxy) is 1. The number of hydrogen-bond donors (Lipinski definition) is 1. The first-order chi connectivity index (χ1) is 9.37. The number of hydrogen-bond acceptors (Lipinski definition) is 2. The van der Waals surface area contributed by atoms with Gasteiger partial charge in [0.25, 0.3) is 0 Å². The molecule has 0 bridgehead atoms. The quantitative estimate of drug-likeness (QED) is 0.729. The molecule has 2 nitrogen and oxygen atoms in total. The Bertz CT molecular complexity index is 391. The highest BCUT2D eigenvalue weighted by atomic mass is 19.4. The monoisotopic (exact) mass is 289 g/mol. The van der Waals surface area contributed by atoms with E-state index < -0.39 is 12.6 Å². The van der Waals surface area contributed by atoms with Crippen molar-refractivity contribution in [3.63, 3.8) is 0 Å². The van der Waals surface area contributed by atoms with Gasteiger partial charge in [-0.05, 0) is 17.5 Å². The fourth-order valence-electron chi connectivity index (χ4n) is 1.72. The molecule has 0 fully saturated rings. The van der Waals surface area contributed by atoms with Crippen LogP contribution in [0.2, 0.25) is 0 Å². The second-order valence-corrected chi connectivity index (χ2v) is 5.13. The van der Waals surface area contributed by atoms with Gasteiger partial charge in [-0.1, -0.05) is 38.1 Å². The second kappa shape index (κ2) is 8.27. The van der Waals surface area contributed by atoms with E-state index in [1.807, 2.05) is 24.3 Å². The Labute approximate surface area is 118 Å². The molecule has 0 aliphatic carbocycles. The van der Waals surface area contributed by atoms with E-state index in [0.717, 1.165) is 17.7 Å². The minimum atomic E-state index is -4.09. The van der Waals surface area contributed by atoms with Crippen LogP contribution in [0.4, 0.5) is 13.2 Å². The summed E-state index contributed by atoms with van der Waals surface area (Å²) in [7, 11) is 0. The summed E-state index contributed by atoms with van der Waals surface area (Å²) in [5.41, 5.74) is 2.13. The molecule has 0 saturated carbocycles. The van der Waals surface area contributed by atoms with Gasteiger partial charge in [0.2, 0.25) is 0 Å². The summed E-state index contributed by atoms with van der Waals surface area (Å²) in [6, 6.07) is 8.30. The lowest BCUT2D eigenvalue weighted by Gasteiger charge is -2.10. The van der Waals surface area contributed by atoms with E-state index >= 15 is 0 Å². The summed E-state index contributed by atoms with van der Waals surface area (Å²) in [6.45, 7) is 5.42. The molecule has 1 rings (SSSR count). The fraction of sp³-hybridized carbons (Fsp3) is 0.600. The lowest BCUT2D eigenvalue weighted by atomic mass is 10.1. The van der Waals surface area contributed by atoms with Crippen LogP contribution < -0.4 is 5.32 Å². The van der Waals surface area contributed by atoms with Gasteiger partial charge in [-0.25, -0.2) is 0 Å². The SMILES string of the molecule is CC(C)NCc1cccc(COCCCC(F)(F)F)c1. The van der Waals surface area contributed by atoms with Gasteiger partial charge in [-0.15, -0.1) is 0 Å². The molecule has 0 aliphatic heterocycles. The summed E-state index contributed by atoms with van der Waals surface area (Å²) >= 11 is 0. The molecule has 114 valence electrons. The number of nitrogens with one attached hydrogen (secondary N) is 1. The van der Waals surface area contributed by atoms with Gasteiger partial charge >= 0.3 is 6.18 Å². The van der Waals surface area contributed by atoms with E-state index in [4.69, 9.17) is 4.74 Å². The third kappa shape index (κ3) is 8.17. The number of benzene rings is 1. The number of alkyl halides is 3. The zero-order valence-electron chi connectivity index (χ0n) is 12.0. The van der Waals surface area contributed by atoms with E-state index in [-0.39, 0.29) is 13.0 Å². The maximum Gasteiger partial charge on any atom is 0.389 e. The smallest absolute Gasteiger partial charge is 0.377 e. The summed E-state index contributed by atoms with van der Waals surface area (Å²) < 4.78 is 41.1. The lowest BCUT2D eigenvalue weighted by Crippen LogP contribution is -2.21. The van der Waals surface area contributed by atoms with Crippen molar-refractivity contribution in [3.8, 4) is 0 Å². The molecule has 0 heterocycles. The molecule has 0 spiro atoms. The fourth-order valence-corrected chi connectivity index (χ4v) is 1.72. The molecule has 0 aliphatic rings. The van der Waals surface area contributed by atoms with Crippen LogP contribution in [0.3, 0.4) is 0 Å². The molecular formula is C15H22F3NO. The van der Waals surface area contributed by atoms with Crippen LogP contribution in [-0.2, 0) is 17.9 Å². The Kier molecular flexibility index (Phi) is 7.02.